The van der Waals surface area contributed by atoms with Crippen LogP contribution < -0.4 is 4.74 Å². The number of carbonyl (C=O) groups is 2. The Morgan fingerprint density at radius 3 is 2.55 bits per heavy atom. The van der Waals surface area contributed by atoms with E-state index >= 15 is 0 Å². The van der Waals surface area contributed by atoms with Crippen LogP contribution in [0.2, 0.25) is 0 Å². The fraction of sp³-hybridized carbons (Fsp3) is 0.250. The summed E-state index contributed by atoms with van der Waals surface area (Å²) in [7, 11) is 1.36. The van der Waals surface area contributed by atoms with Gasteiger partial charge in [0.15, 0.2) is 9.75 Å². The molecule has 1 heterocycles. The van der Waals surface area contributed by atoms with Gasteiger partial charge in [0.25, 0.3) is 11.8 Å². The summed E-state index contributed by atoms with van der Waals surface area (Å²) < 4.78 is 5.77. The molecule has 0 aromatic heterocycles. The van der Waals surface area contributed by atoms with E-state index in [0.717, 1.165) is 10.5 Å². The SMILES string of the molecule is C=CC1=CCC2(Cl)C(=O)N(C)C(=O)C2(Cl)C1c1ccc(OCc2ccccc2)cc1O. The third-order valence-corrected chi connectivity index (χ3v) is 7.40. The number of benzene rings is 2. The lowest BCUT2D eigenvalue weighted by atomic mass is 9.68. The Morgan fingerprint density at radius 2 is 1.90 bits per heavy atom. The zero-order chi connectivity index (χ0) is 22.4. The van der Waals surface area contributed by atoms with Gasteiger partial charge >= 0.3 is 0 Å². The van der Waals surface area contributed by atoms with Crippen molar-refractivity contribution in [2.45, 2.75) is 28.7 Å². The lowest BCUT2D eigenvalue weighted by Crippen LogP contribution is -2.54. The molecule has 0 radical (unpaired) electrons. The number of amides is 2. The number of halogens is 2. The van der Waals surface area contributed by atoms with E-state index in [2.05, 4.69) is 6.58 Å². The highest BCUT2D eigenvalue weighted by atomic mass is 35.5. The first-order valence-electron chi connectivity index (χ1n) is 9.76. The highest BCUT2D eigenvalue weighted by Crippen LogP contribution is 2.59. The topological polar surface area (TPSA) is 66.8 Å². The first kappa shape index (κ1) is 21.5. The van der Waals surface area contributed by atoms with Crippen molar-refractivity contribution in [1.82, 2.24) is 4.90 Å². The maximum atomic E-state index is 13.1. The van der Waals surface area contributed by atoms with Gasteiger partial charge in [0, 0.05) is 24.6 Å². The Labute approximate surface area is 190 Å². The quantitative estimate of drug-likeness (QED) is 0.529. The van der Waals surface area contributed by atoms with Gasteiger partial charge in [0.2, 0.25) is 0 Å². The van der Waals surface area contributed by atoms with Gasteiger partial charge in [0.1, 0.15) is 18.1 Å². The molecule has 5 nitrogen and oxygen atoms in total. The summed E-state index contributed by atoms with van der Waals surface area (Å²) in [6.07, 6.45) is 3.40. The van der Waals surface area contributed by atoms with Gasteiger partial charge < -0.3 is 9.84 Å². The van der Waals surface area contributed by atoms with Gasteiger partial charge in [-0.1, -0.05) is 55.1 Å². The molecular formula is C24H21Cl2NO4. The molecule has 0 saturated carbocycles. The van der Waals surface area contributed by atoms with Crippen molar-refractivity contribution in [3.63, 3.8) is 0 Å². The zero-order valence-electron chi connectivity index (χ0n) is 16.8. The minimum absolute atomic E-state index is 0.0872. The number of rotatable bonds is 5. The average Bonchev–Trinajstić information content (AvgIpc) is 2.91. The molecule has 3 unspecified atom stereocenters. The van der Waals surface area contributed by atoms with Crippen LogP contribution in [0.5, 0.6) is 11.5 Å². The highest BCUT2D eigenvalue weighted by molar-refractivity contribution is 6.53. The molecule has 0 spiro atoms. The van der Waals surface area contributed by atoms with E-state index < -0.39 is 27.5 Å². The predicted molar refractivity (Wildman–Crippen MR) is 119 cm³/mol. The number of phenolic OH excluding ortho intramolecular Hbond substituents is 1. The molecule has 0 bridgehead atoms. The van der Waals surface area contributed by atoms with Crippen molar-refractivity contribution in [3.8, 4) is 11.5 Å². The van der Waals surface area contributed by atoms with Crippen LogP contribution in [0.4, 0.5) is 0 Å². The number of allylic oxidation sites excluding steroid dienone is 3. The van der Waals surface area contributed by atoms with E-state index in [0.29, 0.717) is 23.5 Å². The van der Waals surface area contributed by atoms with Gasteiger partial charge in [-0.2, -0.15) is 0 Å². The molecule has 2 aromatic carbocycles. The van der Waals surface area contributed by atoms with Gasteiger partial charge in [-0.15, -0.1) is 23.2 Å². The van der Waals surface area contributed by atoms with E-state index in [9.17, 15) is 14.7 Å². The normalized spacial score (nSPS) is 27.6. The third kappa shape index (κ3) is 3.15. The molecule has 1 saturated heterocycles. The molecule has 1 fully saturated rings. The Hall–Kier alpha value is -2.76. The highest BCUT2D eigenvalue weighted by Gasteiger charge is 2.72. The molecule has 1 N–H and O–H groups in total. The number of ether oxygens (including phenoxy) is 1. The summed E-state index contributed by atoms with van der Waals surface area (Å²) in [6, 6.07) is 14.4. The molecule has 160 valence electrons. The molecule has 1 aliphatic carbocycles. The summed E-state index contributed by atoms with van der Waals surface area (Å²) in [5, 5.41) is 10.8. The first-order chi connectivity index (χ1) is 14.7. The van der Waals surface area contributed by atoms with Gasteiger partial charge in [-0.05, 0) is 23.6 Å². The molecule has 3 atom stereocenters. The average molecular weight is 458 g/mol. The number of hydrogen-bond acceptors (Lipinski definition) is 4. The van der Waals surface area contributed by atoms with Crippen molar-refractivity contribution in [1.29, 1.82) is 0 Å². The number of alkyl halides is 2. The van der Waals surface area contributed by atoms with Crippen LogP contribution in [0.25, 0.3) is 0 Å². The third-order valence-electron chi connectivity index (χ3n) is 5.98. The van der Waals surface area contributed by atoms with Crippen LogP contribution in [0.1, 0.15) is 23.5 Å². The second kappa shape index (κ2) is 7.74. The van der Waals surface area contributed by atoms with Crippen LogP contribution >= 0.6 is 23.2 Å². The van der Waals surface area contributed by atoms with Crippen LogP contribution in [0.3, 0.4) is 0 Å². The summed E-state index contributed by atoms with van der Waals surface area (Å²) in [4.78, 5) is 23.4. The van der Waals surface area contributed by atoms with Crippen LogP contribution in [-0.4, -0.2) is 38.6 Å². The number of imide groups is 1. The smallest absolute Gasteiger partial charge is 0.253 e. The maximum absolute atomic E-state index is 13.1. The van der Waals surface area contributed by atoms with E-state index in [1.807, 2.05) is 30.3 Å². The summed E-state index contributed by atoms with van der Waals surface area (Å²) in [5.74, 6) is -1.67. The molecule has 7 heteroatoms. The van der Waals surface area contributed by atoms with Gasteiger partial charge in [-0.25, -0.2) is 0 Å². The standard InChI is InChI=1S/C24H21Cl2NO4/c1-3-16-11-12-23(25)21(29)27(2)22(30)24(23,26)20(16)18-10-9-17(13-19(18)28)31-14-15-7-5-4-6-8-15/h3-11,13,20,28H,1,12,14H2,2H3. The Kier molecular flexibility index (Phi) is 5.36. The first-order valence-corrected chi connectivity index (χ1v) is 10.5. The zero-order valence-corrected chi connectivity index (χ0v) is 18.4. The van der Waals surface area contributed by atoms with Crippen molar-refractivity contribution >= 4 is 35.0 Å². The molecule has 2 amide bonds. The Morgan fingerprint density at radius 1 is 1.19 bits per heavy atom. The largest absolute Gasteiger partial charge is 0.508 e. The fourth-order valence-corrected chi connectivity index (χ4v) is 5.24. The van der Waals surface area contributed by atoms with E-state index in [1.165, 1.54) is 13.1 Å². The molecule has 31 heavy (non-hydrogen) atoms. The molecule has 4 rings (SSSR count). The fourth-order valence-electron chi connectivity index (χ4n) is 4.31. The van der Waals surface area contributed by atoms with Crippen molar-refractivity contribution < 1.29 is 19.4 Å². The lowest BCUT2D eigenvalue weighted by Gasteiger charge is -2.42. The lowest BCUT2D eigenvalue weighted by molar-refractivity contribution is -0.137. The second-order valence-electron chi connectivity index (χ2n) is 7.72. The van der Waals surface area contributed by atoms with E-state index in [1.54, 1.807) is 24.3 Å². The minimum atomic E-state index is -1.79. The number of nitrogens with zero attached hydrogens (tertiary/aromatic N) is 1. The van der Waals surface area contributed by atoms with Gasteiger partial charge in [0.05, 0.1) is 0 Å². The Balaban J connectivity index is 1.72. The summed E-state index contributed by atoms with van der Waals surface area (Å²) >= 11 is 13.6. The van der Waals surface area contributed by atoms with Crippen LogP contribution in [0, 0.1) is 0 Å². The number of carbonyl (C=O) groups excluding carboxylic acids is 2. The number of fused-ring (bicyclic) bond motifs is 1. The van der Waals surface area contributed by atoms with Gasteiger partial charge in [-0.3, -0.25) is 14.5 Å². The van der Waals surface area contributed by atoms with Crippen molar-refractivity contribution in [2.75, 3.05) is 7.05 Å². The van der Waals surface area contributed by atoms with Crippen molar-refractivity contribution in [2.24, 2.45) is 0 Å². The Bertz CT molecular complexity index is 1100. The molecule has 2 aromatic rings. The van der Waals surface area contributed by atoms with Crippen molar-refractivity contribution in [3.05, 3.63) is 84.0 Å². The molecular weight excluding hydrogens is 437 g/mol. The predicted octanol–water partition coefficient (Wildman–Crippen LogP) is 4.52. The summed E-state index contributed by atoms with van der Waals surface area (Å²) in [6.45, 7) is 4.15. The summed E-state index contributed by atoms with van der Waals surface area (Å²) in [5.41, 5.74) is 1.98. The minimum Gasteiger partial charge on any atom is -0.508 e. The number of hydrogen-bond donors (Lipinski definition) is 1. The number of likely N-dealkylation sites (tertiary alicyclic amines) is 1. The van der Waals surface area contributed by atoms with E-state index in [-0.39, 0.29) is 12.2 Å². The van der Waals surface area contributed by atoms with Crippen LogP contribution in [-0.2, 0) is 16.2 Å². The maximum Gasteiger partial charge on any atom is 0.253 e. The number of phenols is 1. The number of aromatic hydroxyl groups is 1. The second-order valence-corrected chi connectivity index (χ2v) is 8.96. The molecule has 1 aliphatic heterocycles. The molecule has 2 aliphatic rings. The van der Waals surface area contributed by atoms with E-state index in [4.69, 9.17) is 27.9 Å². The monoisotopic (exact) mass is 457 g/mol. The van der Waals surface area contributed by atoms with Crippen LogP contribution in [0.15, 0.2) is 72.8 Å².